The molecule has 0 spiro atoms. The first-order valence-corrected chi connectivity index (χ1v) is 7.86. The average molecular weight is 341 g/mol. The molecule has 2 rings (SSSR count). The summed E-state index contributed by atoms with van der Waals surface area (Å²) < 4.78 is 1.18. The molecule has 0 aliphatic carbocycles. The highest BCUT2D eigenvalue weighted by molar-refractivity contribution is 9.11. The Hall–Kier alpha value is -1.14. The number of hydrogen-bond donors (Lipinski definition) is 2. The summed E-state index contributed by atoms with van der Waals surface area (Å²) in [6, 6.07) is 6.16. The van der Waals surface area contributed by atoms with Crippen molar-refractivity contribution < 1.29 is 0 Å². The molecule has 6 heteroatoms. The van der Waals surface area contributed by atoms with Gasteiger partial charge >= 0.3 is 0 Å². The van der Waals surface area contributed by atoms with Gasteiger partial charge in [-0.2, -0.15) is 0 Å². The Kier molecular flexibility index (Phi) is 5.15. The molecule has 2 aromatic rings. The van der Waals surface area contributed by atoms with Crippen LogP contribution in [-0.2, 0) is 12.8 Å². The van der Waals surface area contributed by atoms with Gasteiger partial charge in [0.15, 0.2) is 0 Å². The van der Waals surface area contributed by atoms with E-state index in [9.17, 15) is 0 Å². The molecule has 0 aliphatic rings. The fourth-order valence-electron chi connectivity index (χ4n) is 1.67. The third kappa shape index (κ3) is 4.18. The Labute approximate surface area is 125 Å². The van der Waals surface area contributed by atoms with E-state index in [4.69, 9.17) is 0 Å². The molecular weight excluding hydrogens is 324 g/mol. The van der Waals surface area contributed by atoms with Crippen LogP contribution in [0.15, 0.2) is 22.0 Å². The van der Waals surface area contributed by atoms with Gasteiger partial charge in [0.2, 0.25) is 0 Å². The van der Waals surface area contributed by atoms with Crippen LogP contribution in [0.25, 0.3) is 0 Å². The van der Waals surface area contributed by atoms with Crippen molar-refractivity contribution in [3.63, 3.8) is 0 Å². The van der Waals surface area contributed by atoms with E-state index in [2.05, 4.69) is 55.6 Å². The summed E-state index contributed by atoms with van der Waals surface area (Å²) in [5.74, 6) is 2.59. The first-order valence-electron chi connectivity index (χ1n) is 6.25. The predicted octanol–water partition coefficient (Wildman–Crippen LogP) is 3.56. The zero-order chi connectivity index (χ0) is 13.7. The highest BCUT2D eigenvalue weighted by Gasteiger charge is 2.03. The van der Waals surface area contributed by atoms with E-state index in [0.29, 0.717) is 0 Å². The molecule has 0 unspecified atom stereocenters. The van der Waals surface area contributed by atoms with Gasteiger partial charge in [0, 0.05) is 31.0 Å². The lowest BCUT2D eigenvalue weighted by Gasteiger charge is -2.08. The Morgan fingerprint density at radius 1 is 1.26 bits per heavy atom. The second-order valence-corrected chi connectivity index (χ2v) is 6.59. The van der Waals surface area contributed by atoms with Crippen LogP contribution in [0.3, 0.4) is 0 Å². The first kappa shape index (κ1) is 14.3. The van der Waals surface area contributed by atoms with Crippen molar-refractivity contribution in [3.8, 4) is 0 Å². The van der Waals surface area contributed by atoms with Crippen LogP contribution < -0.4 is 10.6 Å². The number of nitrogens with one attached hydrogen (secondary N) is 2. The van der Waals surface area contributed by atoms with Gasteiger partial charge in [-0.25, -0.2) is 9.97 Å². The van der Waals surface area contributed by atoms with Crippen molar-refractivity contribution in [3.05, 3.63) is 32.7 Å². The highest BCUT2D eigenvalue weighted by Crippen LogP contribution is 2.22. The van der Waals surface area contributed by atoms with Crippen LogP contribution in [0.4, 0.5) is 11.6 Å². The van der Waals surface area contributed by atoms with E-state index in [-0.39, 0.29) is 0 Å². The minimum absolute atomic E-state index is 0.835. The third-order valence-corrected chi connectivity index (χ3v) is 4.33. The van der Waals surface area contributed by atoms with Crippen molar-refractivity contribution in [1.82, 2.24) is 9.97 Å². The summed E-state index contributed by atoms with van der Waals surface area (Å²) in [4.78, 5) is 10.2. The standard InChI is InChI=1S/C13H17BrN4S/c1-3-11-17-12(15-2)8-13(18-11)16-7-6-9-4-5-10(14)19-9/h4-5,8H,3,6-7H2,1-2H3,(H2,15,16,17,18). The van der Waals surface area contributed by atoms with Crippen molar-refractivity contribution in [2.45, 2.75) is 19.8 Å². The van der Waals surface area contributed by atoms with Gasteiger partial charge < -0.3 is 10.6 Å². The largest absolute Gasteiger partial charge is 0.373 e. The van der Waals surface area contributed by atoms with E-state index >= 15 is 0 Å². The summed E-state index contributed by atoms with van der Waals surface area (Å²) in [6.07, 6.45) is 1.83. The molecular formula is C13H17BrN4S. The smallest absolute Gasteiger partial charge is 0.132 e. The molecule has 0 saturated heterocycles. The Morgan fingerprint density at radius 2 is 2.05 bits per heavy atom. The number of hydrogen-bond acceptors (Lipinski definition) is 5. The molecule has 19 heavy (non-hydrogen) atoms. The van der Waals surface area contributed by atoms with E-state index in [1.165, 1.54) is 8.66 Å². The molecule has 0 aliphatic heterocycles. The molecule has 0 amide bonds. The summed E-state index contributed by atoms with van der Waals surface area (Å²) in [7, 11) is 1.87. The topological polar surface area (TPSA) is 49.8 Å². The normalized spacial score (nSPS) is 10.5. The number of aryl methyl sites for hydroxylation is 1. The van der Waals surface area contributed by atoms with Crippen LogP contribution >= 0.6 is 27.3 Å². The molecule has 0 fully saturated rings. The lowest BCUT2D eigenvalue weighted by atomic mass is 10.3. The second-order valence-electron chi connectivity index (χ2n) is 4.04. The molecule has 102 valence electrons. The van der Waals surface area contributed by atoms with Crippen LogP contribution in [0.5, 0.6) is 0 Å². The number of anilines is 2. The maximum atomic E-state index is 4.47. The van der Waals surface area contributed by atoms with Gasteiger partial charge in [0.05, 0.1) is 3.79 Å². The summed E-state index contributed by atoms with van der Waals surface area (Å²) in [5.41, 5.74) is 0. The van der Waals surface area contributed by atoms with E-state index in [1.54, 1.807) is 11.3 Å². The van der Waals surface area contributed by atoms with Crippen molar-refractivity contribution in [2.24, 2.45) is 0 Å². The number of halogens is 1. The predicted molar refractivity (Wildman–Crippen MR) is 85.2 cm³/mol. The average Bonchev–Trinajstić information content (AvgIpc) is 2.84. The Morgan fingerprint density at radius 3 is 2.68 bits per heavy atom. The fourth-order valence-corrected chi connectivity index (χ4v) is 3.16. The highest BCUT2D eigenvalue weighted by atomic mass is 79.9. The first-order chi connectivity index (χ1) is 9.21. The zero-order valence-electron chi connectivity index (χ0n) is 11.0. The summed E-state index contributed by atoms with van der Waals surface area (Å²) in [5, 5.41) is 6.41. The van der Waals surface area contributed by atoms with E-state index < -0.39 is 0 Å². The molecule has 2 aromatic heterocycles. The summed E-state index contributed by atoms with van der Waals surface area (Å²) >= 11 is 5.25. The van der Waals surface area contributed by atoms with Crippen molar-refractivity contribution in [1.29, 1.82) is 0 Å². The quantitative estimate of drug-likeness (QED) is 0.844. The molecule has 0 aromatic carbocycles. The lowest BCUT2D eigenvalue weighted by molar-refractivity contribution is 0.929. The molecule has 2 heterocycles. The third-order valence-electron chi connectivity index (χ3n) is 2.65. The second kappa shape index (κ2) is 6.86. The number of aromatic nitrogens is 2. The van der Waals surface area contributed by atoms with Gasteiger partial charge in [0.25, 0.3) is 0 Å². The maximum absolute atomic E-state index is 4.47. The molecule has 4 nitrogen and oxygen atoms in total. The van der Waals surface area contributed by atoms with Gasteiger partial charge in [-0.05, 0) is 34.5 Å². The van der Waals surface area contributed by atoms with E-state index in [1.807, 2.05) is 13.1 Å². The van der Waals surface area contributed by atoms with Crippen molar-refractivity contribution >= 4 is 38.9 Å². The van der Waals surface area contributed by atoms with Gasteiger partial charge in [-0.3, -0.25) is 0 Å². The van der Waals surface area contributed by atoms with Gasteiger partial charge in [0.1, 0.15) is 17.5 Å². The number of rotatable bonds is 6. The van der Waals surface area contributed by atoms with Gasteiger partial charge in [-0.15, -0.1) is 11.3 Å². The number of thiophene rings is 1. The summed E-state index contributed by atoms with van der Waals surface area (Å²) in [6.45, 7) is 2.93. The molecule has 0 atom stereocenters. The monoisotopic (exact) mass is 340 g/mol. The van der Waals surface area contributed by atoms with Crippen LogP contribution in [-0.4, -0.2) is 23.6 Å². The van der Waals surface area contributed by atoms with Crippen molar-refractivity contribution in [2.75, 3.05) is 24.2 Å². The minimum atomic E-state index is 0.835. The zero-order valence-corrected chi connectivity index (χ0v) is 13.4. The molecule has 0 saturated carbocycles. The fraction of sp³-hybridized carbons (Fsp3) is 0.385. The maximum Gasteiger partial charge on any atom is 0.132 e. The lowest BCUT2D eigenvalue weighted by Crippen LogP contribution is -2.08. The molecule has 0 bridgehead atoms. The van der Waals surface area contributed by atoms with Crippen LogP contribution in [0, 0.1) is 0 Å². The SMILES string of the molecule is CCc1nc(NC)cc(NCCc2ccc(Br)s2)n1. The minimum Gasteiger partial charge on any atom is -0.373 e. The molecule has 0 radical (unpaired) electrons. The molecule has 2 N–H and O–H groups in total. The Bertz CT molecular complexity index is 519. The number of nitrogens with zero attached hydrogens (tertiary/aromatic N) is 2. The Balaban J connectivity index is 1.95. The van der Waals surface area contributed by atoms with Crippen LogP contribution in [0.2, 0.25) is 0 Å². The van der Waals surface area contributed by atoms with Gasteiger partial charge in [-0.1, -0.05) is 6.92 Å². The van der Waals surface area contributed by atoms with Crippen LogP contribution in [0.1, 0.15) is 17.6 Å². The van der Waals surface area contributed by atoms with E-state index in [0.717, 1.165) is 36.8 Å².